The summed E-state index contributed by atoms with van der Waals surface area (Å²) in [7, 11) is 0. The van der Waals surface area contributed by atoms with E-state index in [-0.39, 0.29) is 11.4 Å². The van der Waals surface area contributed by atoms with Crippen LogP contribution in [0, 0.1) is 17.1 Å². The van der Waals surface area contributed by atoms with E-state index in [1.165, 1.54) is 24.3 Å². The summed E-state index contributed by atoms with van der Waals surface area (Å²) in [5, 5.41) is 12.4. The van der Waals surface area contributed by atoms with Gasteiger partial charge in [-0.15, -0.1) is 0 Å². The van der Waals surface area contributed by atoms with E-state index in [0.717, 1.165) is 6.42 Å². The molecule has 1 aliphatic rings. The maximum atomic E-state index is 14.1. The topological polar surface area (TPSA) is 108 Å². The van der Waals surface area contributed by atoms with Gasteiger partial charge in [0.05, 0.1) is 5.56 Å². The van der Waals surface area contributed by atoms with Gasteiger partial charge in [0.15, 0.2) is 0 Å². The molecule has 0 aromatic heterocycles. The Bertz CT molecular complexity index is 1150. The van der Waals surface area contributed by atoms with E-state index < -0.39 is 41.8 Å². The maximum absolute atomic E-state index is 14.1. The molecule has 5 N–H and O–H groups in total. The average molecular weight is 474 g/mol. The molecule has 0 saturated carbocycles. The Morgan fingerprint density at radius 1 is 1.06 bits per heavy atom. The zero-order valence-electron chi connectivity index (χ0n) is 17.9. The van der Waals surface area contributed by atoms with Gasteiger partial charge in [0, 0.05) is 23.4 Å². The number of halogens is 4. The number of allylic oxidation sites excluding steroid dienone is 3. The summed E-state index contributed by atoms with van der Waals surface area (Å²) in [4.78, 5) is 25.9. The van der Waals surface area contributed by atoms with Crippen LogP contribution in [-0.2, 0) is 22.3 Å². The summed E-state index contributed by atoms with van der Waals surface area (Å²) in [5.74, 6) is -3.81. The molecule has 0 saturated heterocycles. The summed E-state index contributed by atoms with van der Waals surface area (Å²) in [6.45, 7) is -0.525. The molecule has 10 heteroatoms. The second kappa shape index (κ2) is 10.3. The minimum atomic E-state index is -4.66. The monoisotopic (exact) mass is 474 g/mol. The van der Waals surface area contributed by atoms with Crippen LogP contribution in [0.1, 0.15) is 29.5 Å². The van der Waals surface area contributed by atoms with Gasteiger partial charge in [0.2, 0.25) is 11.8 Å². The highest BCUT2D eigenvalue weighted by Gasteiger charge is 2.32. The van der Waals surface area contributed by atoms with Crippen LogP contribution in [0.3, 0.4) is 0 Å². The number of hydrogen-bond acceptors (Lipinski definition) is 3. The van der Waals surface area contributed by atoms with Crippen LogP contribution in [-0.4, -0.2) is 17.6 Å². The van der Waals surface area contributed by atoms with E-state index in [2.05, 4.69) is 10.6 Å². The fraction of sp³-hybridized carbons (Fsp3) is 0.208. The smallest absolute Gasteiger partial charge is 0.384 e. The first-order valence-electron chi connectivity index (χ1n) is 10.3. The van der Waals surface area contributed by atoms with Crippen LogP contribution in [0.5, 0.6) is 0 Å². The van der Waals surface area contributed by atoms with Crippen LogP contribution in [0.2, 0.25) is 0 Å². The number of benzene rings is 2. The van der Waals surface area contributed by atoms with Crippen LogP contribution < -0.4 is 16.4 Å². The van der Waals surface area contributed by atoms with E-state index in [1.807, 2.05) is 0 Å². The molecule has 2 amide bonds. The van der Waals surface area contributed by atoms with Crippen molar-refractivity contribution >= 4 is 23.3 Å². The van der Waals surface area contributed by atoms with Gasteiger partial charge < -0.3 is 16.4 Å². The molecule has 2 aromatic carbocycles. The van der Waals surface area contributed by atoms with Gasteiger partial charge in [-0.05, 0) is 60.9 Å². The Hall–Kier alpha value is -3.95. The van der Waals surface area contributed by atoms with Gasteiger partial charge in [-0.3, -0.25) is 15.0 Å². The first-order chi connectivity index (χ1) is 16.1. The third-order valence-electron chi connectivity index (χ3n) is 5.17. The molecule has 1 unspecified atom stereocenters. The standard InChI is InChI=1S/C24H22F4N4O2/c25-19-11-8-17(24(26,27)28)12-16(19)13-31-22(33)20(14-4-2-1-3-5-14)23(34)32-18-9-6-15(7-10-18)21(29)30/h2,4-12,20H,1,3,13H2,(H3,29,30)(H,31,33)(H,32,34). The Balaban J connectivity index is 1.78. The molecule has 1 aliphatic carbocycles. The van der Waals surface area contributed by atoms with Crippen LogP contribution in [0.25, 0.3) is 0 Å². The summed E-state index contributed by atoms with van der Waals surface area (Å²) < 4.78 is 52.9. The third kappa shape index (κ3) is 6.09. The molecule has 0 heterocycles. The molecule has 1 atom stereocenters. The van der Waals surface area contributed by atoms with Gasteiger partial charge in [-0.2, -0.15) is 13.2 Å². The zero-order chi connectivity index (χ0) is 24.9. The number of amidine groups is 1. The highest BCUT2D eigenvalue weighted by atomic mass is 19.4. The zero-order valence-corrected chi connectivity index (χ0v) is 17.9. The van der Waals surface area contributed by atoms with Crippen molar-refractivity contribution < 1.29 is 27.2 Å². The molecule has 0 fully saturated rings. The van der Waals surface area contributed by atoms with Crippen molar-refractivity contribution in [3.63, 3.8) is 0 Å². The van der Waals surface area contributed by atoms with Gasteiger partial charge >= 0.3 is 6.18 Å². The lowest BCUT2D eigenvalue weighted by Crippen LogP contribution is -2.39. The lowest BCUT2D eigenvalue weighted by Gasteiger charge is -2.20. The number of nitrogen functional groups attached to an aromatic ring is 1. The quantitative estimate of drug-likeness (QED) is 0.208. The van der Waals surface area contributed by atoms with Crippen molar-refractivity contribution in [1.29, 1.82) is 5.41 Å². The van der Waals surface area contributed by atoms with Crippen molar-refractivity contribution in [2.75, 3.05) is 5.32 Å². The van der Waals surface area contributed by atoms with Crippen molar-refractivity contribution in [1.82, 2.24) is 5.32 Å². The Kier molecular flexibility index (Phi) is 7.50. The molecule has 3 rings (SSSR count). The summed E-state index contributed by atoms with van der Waals surface area (Å²) in [6.07, 6.45) is 1.85. The predicted octanol–water partition coefficient (Wildman–Crippen LogP) is 4.28. The number of amides is 2. The van der Waals surface area contributed by atoms with Crippen molar-refractivity contribution in [2.24, 2.45) is 11.7 Å². The van der Waals surface area contributed by atoms with Gasteiger partial charge in [0.1, 0.15) is 17.6 Å². The summed E-state index contributed by atoms with van der Waals surface area (Å²) in [6, 6.07) is 8.03. The Morgan fingerprint density at radius 2 is 1.76 bits per heavy atom. The van der Waals surface area contributed by atoms with Crippen LogP contribution in [0.4, 0.5) is 23.2 Å². The Morgan fingerprint density at radius 3 is 2.35 bits per heavy atom. The van der Waals surface area contributed by atoms with Gasteiger partial charge in [-0.1, -0.05) is 18.2 Å². The molecule has 6 nitrogen and oxygen atoms in total. The highest BCUT2D eigenvalue weighted by Crippen LogP contribution is 2.30. The summed E-state index contributed by atoms with van der Waals surface area (Å²) >= 11 is 0. The van der Waals surface area contributed by atoms with E-state index in [4.69, 9.17) is 11.1 Å². The highest BCUT2D eigenvalue weighted by molar-refractivity contribution is 6.09. The van der Waals surface area contributed by atoms with Crippen LogP contribution in [0.15, 0.2) is 66.3 Å². The fourth-order valence-corrected chi connectivity index (χ4v) is 3.39. The number of rotatable bonds is 7. The first-order valence-corrected chi connectivity index (χ1v) is 10.3. The van der Waals surface area contributed by atoms with Crippen molar-refractivity contribution in [3.05, 3.63) is 88.8 Å². The minimum absolute atomic E-state index is 0.144. The van der Waals surface area contributed by atoms with Gasteiger partial charge in [-0.25, -0.2) is 4.39 Å². The largest absolute Gasteiger partial charge is 0.416 e. The number of carbonyl (C=O) groups is 2. The first kappa shape index (κ1) is 24.7. The number of carbonyl (C=O) groups excluding carboxylic acids is 2. The maximum Gasteiger partial charge on any atom is 0.416 e. The fourth-order valence-electron chi connectivity index (χ4n) is 3.39. The number of nitrogens with one attached hydrogen (secondary N) is 3. The summed E-state index contributed by atoms with van der Waals surface area (Å²) in [5.41, 5.74) is 5.25. The molecule has 2 aromatic rings. The Labute approximate surface area is 193 Å². The normalized spacial score (nSPS) is 14.2. The number of hydrogen-bond donors (Lipinski definition) is 4. The SMILES string of the molecule is N=C(N)c1ccc(NC(=O)C(C(=O)NCc2cc(C(F)(F)F)ccc2F)C2=CCCC=C2)cc1. The molecule has 0 spiro atoms. The molecule has 0 bridgehead atoms. The van der Waals surface area contributed by atoms with E-state index in [9.17, 15) is 27.2 Å². The minimum Gasteiger partial charge on any atom is -0.384 e. The predicted molar refractivity (Wildman–Crippen MR) is 119 cm³/mol. The molecule has 34 heavy (non-hydrogen) atoms. The number of anilines is 1. The van der Waals surface area contributed by atoms with E-state index in [1.54, 1.807) is 18.2 Å². The van der Waals surface area contributed by atoms with E-state index in [0.29, 0.717) is 41.4 Å². The average Bonchev–Trinajstić information content (AvgIpc) is 2.79. The van der Waals surface area contributed by atoms with Crippen molar-refractivity contribution in [3.8, 4) is 0 Å². The third-order valence-corrected chi connectivity index (χ3v) is 5.17. The molecule has 178 valence electrons. The molecule has 0 aliphatic heterocycles. The lowest BCUT2D eigenvalue weighted by atomic mass is 9.92. The second-order valence-electron chi connectivity index (χ2n) is 7.62. The number of nitrogens with two attached hydrogens (primary N) is 1. The van der Waals surface area contributed by atoms with Crippen LogP contribution >= 0.6 is 0 Å². The van der Waals surface area contributed by atoms with Gasteiger partial charge in [0.25, 0.3) is 0 Å². The molecular weight excluding hydrogens is 452 g/mol. The molecule has 0 radical (unpaired) electrons. The van der Waals surface area contributed by atoms with E-state index >= 15 is 0 Å². The molecular formula is C24H22F4N4O2. The number of alkyl halides is 3. The van der Waals surface area contributed by atoms with Crippen molar-refractivity contribution in [2.45, 2.75) is 25.6 Å². The second-order valence-corrected chi connectivity index (χ2v) is 7.62. The lowest BCUT2D eigenvalue weighted by molar-refractivity contribution is -0.137.